The maximum absolute atomic E-state index is 15.2. The smallest absolute Gasteiger partial charge is 0.338 e. The van der Waals surface area contributed by atoms with Crippen LogP contribution < -0.4 is 0 Å². The predicted molar refractivity (Wildman–Crippen MR) is 203 cm³/mol. The van der Waals surface area contributed by atoms with Crippen molar-refractivity contribution in [2.75, 3.05) is 6.61 Å². The normalized spacial score (nSPS) is 47.2. The van der Waals surface area contributed by atoms with E-state index in [0.29, 0.717) is 0 Å². The number of furan rings is 1. The van der Waals surface area contributed by atoms with Crippen LogP contribution in [0.2, 0.25) is 0 Å². The Balaban J connectivity index is 1.51. The van der Waals surface area contributed by atoms with Gasteiger partial charge in [0.2, 0.25) is 0 Å². The Morgan fingerprint density at radius 2 is 1.48 bits per heavy atom. The molecule has 9 rings (SSSR count). The summed E-state index contributed by atoms with van der Waals surface area (Å²) < 4.78 is 59.6. The molecule has 61 heavy (non-hydrogen) atoms. The fourth-order valence-electron chi connectivity index (χ4n) is 13.7. The first-order valence-corrected chi connectivity index (χ1v) is 21.3. The minimum Gasteiger partial charge on any atom is -0.511 e. The van der Waals surface area contributed by atoms with Gasteiger partial charge >= 0.3 is 29.8 Å². The summed E-state index contributed by atoms with van der Waals surface area (Å²) >= 11 is 0. The van der Waals surface area contributed by atoms with Crippen molar-refractivity contribution in [2.45, 2.75) is 148 Å². The second kappa shape index (κ2) is 12.6. The number of carbonyl (C=O) groups excluding carboxylic acids is 5. The maximum atomic E-state index is 15.2. The molecule has 4 aliphatic carbocycles. The van der Waals surface area contributed by atoms with Gasteiger partial charge in [0, 0.05) is 36.2 Å². The lowest BCUT2D eigenvalue weighted by Gasteiger charge is -2.79. The first-order valence-electron chi connectivity index (χ1n) is 21.3. The monoisotopic (exact) mass is 856 g/mol. The van der Waals surface area contributed by atoms with Gasteiger partial charge in [-0.3, -0.25) is 19.2 Å². The molecular formula is C44H56O17. The van der Waals surface area contributed by atoms with E-state index in [2.05, 4.69) is 0 Å². The third-order valence-electron chi connectivity index (χ3n) is 15.8. The quantitative estimate of drug-likeness (QED) is 0.139. The number of cyclic esters (lactones) is 1. The molecule has 4 spiro atoms. The minimum absolute atomic E-state index is 0.125. The number of rotatable bonds is 9. The number of allylic oxidation sites excluding steroid dienone is 1. The topological polar surface area (TPSA) is 233 Å². The van der Waals surface area contributed by atoms with Crippen molar-refractivity contribution in [1.82, 2.24) is 0 Å². The van der Waals surface area contributed by atoms with Crippen LogP contribution in [0.15, 0.2) is 34.3 Å². The lowest BCUT2D eigenvalue weighted by molar-refractivity contribution is -0.499. The highest BCUT2D eigenvalue weighted by molar-refractivity contribution is 5.93. The van der Waals surface area contributed by atoms with Crippen LogP contribution in [0.1, 0.15) is 101 Å². The Bertz CT molecular complexity index is 2140. The first-order chi connectivity index (χ1) is 28.3. The SMILES string of the molecule is CC(C)C(=O)OC(c1ccoc1)C1(C)C(OC(=O)C(C)C)C(OC(=O)C(C)C)C23OC4(C)OC25C1C(=C(O)C(C)C)C(=O)OC5C1(O)C(O)C2(C)CC1(O4)C31COC(=O)CC21. The van der Waals surface area contributed by atoms with Gasteiger partial charge in [-0.15, -0.1) is 0 Å². The van der Waals surface area contributed by atoms with Crippen LogP contribution in [0.4, 0.5) is 0 Å². The summed E-state index contributed by atoms with van der Waals surface area (Å²) in [5.74, 6) is -12.5. The Kier molecular flexibility index (Phi) is 8.72. The van der Waals surface area contributed by atoms with Crippen molar-refractivity contribution in [3.05, 3.63) is 35.5 Å². The van der Waals surface area contributed by atoms with E-state index in [1.165, 1.54) is 25.5 Å². The van der Waals surface area contributed by atoms with Crippen molar-refractivity contribution < 1.29 is 81.6 Å². The Morgan fingerprint density at radius 3 is 2.05 bits per heavy atom. The molecule has 4 saturated carbocycles. The number of ether oxygens (including phenoxy) is 8. The number of aliphatic hydroxyl groups is 3. The van der Waals surface area contributed by atoms with Gasteiger partial charge in [-0.05, 0) is 18.4 Å². The molecule has 4 saturated heterocycles. The molecule has 8 aliphatic rings. The lowest BCUT2D eigenvalue weighted by atomic mass is 9.31. The number of fused-ring (bicyclic) bond motifs is 4. The fraction of sp³-hybridized carbons (Fsp3) is 0.750. The Hall–Kier alpha value is -4.03. The van der Waals surface area contributed by atoms with Gasteiger partial charge in [0.15, 0.2) is 35.1 Å². The number of esters is 5. The van der Waals surface area contributed by atoms with Gasteiger partial charge in [0.05, 0.1) is 52.8 Å². The second-order valence-corrected chi connectivity index (χ2v) is 20.4. The molecule has 334 valence electrons. The molecule has 3 N–H and O–H groups in total. The van der Waals surface area contributed by atoms with E-state index in [1.807, 2.05) is 0 Å². The molecule has 15 atom stereocenters. The molecule has 5 heterocycles. The van der Waals surface area contributed by atoms with Crippen molar-refractivity contribution in [3.63, 3.8) is 0 Å². The highest BCUT2D eigenvalue weighted by Crippen LogP contribution is 2.90. The molecular weight excluding hydrogens is 800 g/mol. The molecule has 0 aromatic carbocycles. The molecule has 17 nitrogen and oxygen atoms in total. The largest absolute Gasteiger partial charge is 0.511 e. The van der Waals surface area contributed by atoms with E-state index in [-0.39, 0.29) is 18.4 Å². The van der Waals surface area contributed by atoms with Crippen LogP contribution in [0.3, 0.4) is 0 Å². The van der Waals surface area contributed by atoms with Gasteiger partial charge in [-0.1, -0.05) is 69.2 Å². The summed E-state index contributed by atoms with van der Waals surface area (Å²) in [5, 5.41) is 38.9. The standard InChI is InChI=1S/C44H56O17/c1-18(2)26(46)25-27-38(10,28(22-12-13-53-15-22)55-31(47)19(3)4)29(56-32(48)20(5)6)30(57-33(49)21(7)8)44-40-17-54-24(45)14-23(40)37(9)16-41(40)42(52,35(37)51)36(58-34(25)50)43(27,44)60-39(11,59-41)61-44/h12-13,15,18-21,23,27-30,35-36,46,51-52H,14,16-17H2,1-11H3. The third kappa shape index (κ3) is 4.47. The molecule has 1 aromatic rings. The van der Waals surface area contributed by atoms with Crippen LogP contribution in [0.25, 0.3) is 0 Å². The third-order valence-corrected chi connectivity index (χ3v) is 15.8. The summed E-state index contributed by atoms with van der Waals surface area (Å²) in [6, 6.07) is 1.52. The molecule has 0 radical (unpaired) electrons. The summed E-state index contributed by atoms with van der Waals surface area (Å²) in [4.78, 5) is 71.7. The fourth-order valence-corrected chi connectivity index (χ4v) is 13.7. The molecule has 15 unspecified atom stereocenters. The van der Waals surface area contributed by atoms with Crippen LogP contribution in [-0.4, -0.2) is 105 Å². The van der Waals surface area contributed by atoms with Gasteiger partial charge in [-0.25, -0.2) is 4.79 Å². The number of hydrogen-bond donors (Lipinski definition) is 3. The van der Waals surface area contributed by atoms with E-state index < -0.39 is 158 Å². The molecule has 8 fully saturated rings. The average molecular weight is 857 g/mol. The van der Waals surface area contributed by atoms with Gasteiger partial charge in [0.1, 0.15) is 24.1 Å². The van der Waals surface area contributed by atoms with Gasteiger partial charge in [-0.2, -0.15) is 0 Å². The van der Waals surface area contributed by atoms with Gasteiger partial charge in [0.25, 0.3) is 5.97 Å². The van der Waals surface area contributed by atoms with Crippen LogP contribution in [0.5, 0.6) is 0 Å². The average Bonchev–Trinajstić information content (AvgIpc) is 3.88. The van der Waals surface area contributed by atoms with E-state index in [1.54, 1.807) is 69.2 Å². The molecule has 17 heteroatoms. The van der Waals surface area contributed by atoms with Crippen LogP contribution in [-0.2, 0) is 61.9 Å². The number of hydrogen-bond acceptors (Lipinski definition) is 17. The highest BCUT2D eigenvalue weighted by atomic mass is 16.9. The van der Waals surface area contributed by atoms with Crippen molar-refractivity contribution in [3.8, 4) is 0 Å². The Labute approximate surface area is 352 Å². The Morgan fingerprint density at radius 1 is 0.852 bits per heavy atom. The molecule has 4 bridgehead atoms. The molecule has 0 amide bonds. The summed E-state index contributed by atoms with van der Waals surface area (Å²) in [6.45, 7) is 17.1. The lowest BCUT2D eigenvalue weighted by Crippen LogP contribution is -2.99. The van der Waals surface area contributed by atoms with E-state index >= 15 is 4.79 Å². The van der Waals surface area contributed by atoms with Crippen LogP contribution >= 0.6 is 0 Å². The summed E-state index contributed by atoms with van der Waals surface area (Å²) in [7, 11) is 0. The molecule has 1 aromatic heterocycles. The number of carbonyl (C=O) groups is 5. The van der Waals surface area contributed by atoms with Crippen molar-refractivity contribution in [1.29, 1.82) is 0 Å². The first kappa shape index (κ1) is 42.3. The number of aliphatic hydroxyl groups excluding tert-OH is 2. The summed E-state index contributed by atoms with van der Waals surface area (Å²) in [5.41, 5.74) is -14.7. The highest BCUT2D eigenvalue weighted by Gasteiger charge is 3.08. The predicted octanol–water partition coefficient (Wildman–Crippen LogP) is 3.73. The van der Waals surface area contributed by atoms with Crippen molar-refractivity contribution in [2.24, 2.45) is 51.8 Å². The maximum Gasteiger partial charge on any atom is 0.338 e. The zero-order valence-electron chi connectivity index (χ0n) is 36.3. The van der Waals surface area contributed by atoms with E-state index in [9.17, 15) is 34.5 Å². The zero-order valence-corrected chi connectivity index (χ0v) is 36.3. The van der Waals surface area contributed by atoms with Crippen molar-refractivity contribution >= 4 is 29.8 Å². The minimum atomic E-state index is -2.56. The van der Waals surface area contributed by atoms with E-state index in [0.717, 1.165) is 0 Å². The van der Waals surface area contributed by atoms with E-state index in [4.69, 9.17) is 42.3 Å². The summed E-state index contributed by atoms with van der Waals surface area (Å²) in [6.07, 6.45) is -6.62. The molecule has 4 aliphatic heterocycles. The van der Waals surface area contributed by atoms with Crippen LogP contribution in [0, 0.1) is 51.8 Å². The van der Waals surface area contributed by atoms with Gasteiger partial charge < -0.3 is 57.6 Å². The second-order valence-electron chi connectivity index (χ2n) is 20.4. The zero-order chi connectivity index (χ0) is 44.6.